The third kappa shape index (κ3) is 4.56. The molecule has 0 bridgehead atoms. The number of rotatable bonds is 6. The standard InChI is InChI=1S/C20H24O11/c21-8-12-14(24)15(25)16(26)18(30-12)31-17-10(4-3-5-11(17)22)9-29-19(27)20(28)7-2-1-6-13(20)23/h2-5,7,12,14-16,18,21-22,24-26,28H,1,6,8-9H2/t12-,14-,15+,16-,18+,20-/m1/s1. The zero-order chi connectivity index (χ0) is 22.8. The predicted octanol–water partition coefficient (Wildman–Crippen LogP) is -1.74. The van der Waals surface area contributed by atoms with Gasteiger partial charge in [0.15, 0.2) is 17.3 Å². The summed E-state index contributed by atoms with van der Waals surface area (Å²) in [5.41, 5.74) is -2.30. The number of phenols is 1. The zero-order valence-electron chi connectivity index (χ0n) is 16.3. The molecule has 170 valence electrons. The van der Waals surface area contributed by atoms with Gasteiger partial charge in [-0.2, -0.15) is 0 Å². The van der Waals surface area contributed by atoms with Crippen LogP contribution in [-0.2, 0) is 25.7 Å². The third-order valence-electron chi connectivity index (χ3n) is 5.15. The molecule has 11 heteroatoms. The lowest BCUT2D eigenvalue weighted by Crippen LogP contribution is -2.60. The molecule has 1 saturated heterocycles. The molecular formula is C20H24O11. The number of aromatic hydroxyl groups is 1. The molecule has 0 unspecified atom stereocenters. The number of para-hydroxylation sites is 1. The van der Waals surface area contributed by atoms with Gasteiger partial charge in [-0.25, -0.2) is 4.79 Å². The summed E-state index contributed by atoms with van der Waals surface area (Å²) < 4.78 is 15.8. The van der Waals surface area contributed by atoms with Gasteiger partial charge in [0.25, 0.3) is 0 Å². The van der Waals surface area contributed by atoms with Crippen molar-refractivity contribution in [2.45, 2.75) is 55.8 Å². The van der Waals surface area contributed by atoms with Gasteiger partial charge in [-0.15, -0.1) is 0 Å². The fourth-order valence-electron chi connectivity index (χ4n) is 3.29. The van der Waals surface area contributed by atoms with Gasteiger partial charge in [0.05, 0.1) is 6.61 Å². The molecule has 6 atom stereocenters. The van der Waals surface area contributed by atoms with Crippen molar-refractivity contribution in [2.75, 3.05) is 6.61 Å². The van der Waals surface area contributed by atoms with Crippen LogP contribution in [0.15, 0.2) is 30.4 Å². The van der Waals surface area contributed by atoms with Gasteiger partial charge < -0.3 is 44.8 Å². The summed E-state index contributed by atoms with van der Waals surface area (Å²) in [6, 6.07) is 4.07. The van der Waals surface area contributed by atoms with E-state index < -0.39 is 67.0 Å². The fourth-order valence-corrected chi connectivity index (χ4v) is 3.29. The molecule has 1 aliphatic heterocycles. The summed E-state index contributed by atoms with van der Waals surface area (Å²) in [4.78, 5) is 24.2. The van der Waals surface area contributed by atoms with Crippen LogP contribution < -0.4 is 4.74 Å². The molecule has 0 radical (unpaired) electrons. The van der Waals surface area contributed by atoms with Gasteiger partial charge in [-0.1, -0.05) is 18.2 Å². The first kappa shape index (κ1) is 23.1. The molecule has 1 heterocycles. The van der Waals surface area contributed by atoms with Crippen LogP contribution in [0.25, 0.3) is 0 Å². The molecule has 0 saturated carbocycles. The second-order valence-electron chi connectivity index (χ2n) is 7.29. The number of Topliss-reactive ketones (excluding diaryl/α,β-unsaturated/α-hetero) is 1. The van der Waals surface area contributed by atoms with Crippen molar-refractivity contribution < 1.29 is 54.4 Å². The number of ether oxygens (including phenoxy) is 3. The topological polar surface area (TPSA) is 183 Å². The molecule has 0 aromatic heterocycles. The Morgan fingerprint density at radius 3 is 2.61 bits per heavy atom. The summed E-state index contributed by atoms with van der Waals surface area (Å²) >= 11 is 0. The minimum absolute atomic E-state index is 0.0142. The summed E-state index contributed by atoms with van der Waals surface area (Å²) in [7, 11) is 0. The third-order valence-corrected chi connectivity index (χ3v) is 5.15. The van der Waals surface area contributed by atoms with Crippen molar-refractivity contribution in [1.82, 2.24) is 0 Å². The highest BCUT2D eigenvalue weighted by Crippen LogP contribution is 2.34. The number of aliphatic hydroxyl groups excluding tert-OH is 4. The first-order valence-electron chi connectivity index (χ1n) is 9.57. The Hall–Kier alpha value is -2.54. The van der Waals surface area contributed by atoms with Crippen molar-refractivity contribution in [1.29, 1.82) is 0 Å². The largest absolute Gasteiger partial charge is 0.504 e. The Morgan fingerprint density at radius 2 is 1.94 bits per heavy atom. The second-order valence-corrected chi connectivity index (χ2v) is 7.29. The van der Waals surface area contributed by atoms with Crippen molar-refractivity contribution in [2.24, 2.45) is 0 Å². The van der Waals surface area contributed by atoms with Crippen LogP contribution in [0.4, 0.5) is 0 Å². The van der Waals surface area contributed by atoms with E-state index in [4.69, 9.17) is 14.2 Å². The molecule has 1 aromatic rings. The number of benzene rings is 1. The maximum atomic E-state index is 12.3. The van der Waals surface area contributed by atoms with E-state index in [-0.39, 0.29) is 17.7 Å². The summed E-state index contributed by atoms with van der Waals surface area (Å²) in [5, 5.41) is 59.6. The highest BCUT2D eigenvalue weighted by molar-refractivity contribution is 6.09. The van der Waals surface area contributed by atoms with Crippen LogP contribution in [0.3, 0.4) is 0 Å². The maximum absolute atomic E-state index is 12.3. The first-order chi connectivity index (χ1) is 14.7. The number of esters is 1. The summed E-state index contributed by atoms with van der Waals surface area (Å²) in [5.74, 6) is -2.58. The number of carbonyl (C=O) groups excluding carboxylic acids is 2. The van der Waals surface area contributed by atoms with E-state index in [0.29, 0.717) is 6.42 Å². The number of allylic oxidation sites excluding steroid dienone is 1. The highest BCUT2D eigenvalue weighted by atomic mass is 16.7. The molecule has 0 spiro atoms. The number of phenolic OH excluding ortho intramolecular Hbond substituents is 1. The number of aliphatic hydroxyl groups is 5. The minimum Gasteiger partial charge on any atom is -0.504 e. The van der Waals surface area contributed by atoms with E-state index in [1.54, 1.807) is 0 Å². The van der Waals surface area contributed by atoms with Crippen molar-refractivity contribution >= 4 is 11.8 Å². The Balaban J connectivity index is 1.76. The first-order valence-corrected chi connectivity index (χ1v) is 9.57. The van der Waals surface area contributed by atoms with E-state index in [1.165, 1.54) is 24.3 Å². The van der Waals surface area contributed by atoms with Crippen LogP contribution in [0.2, 0.25) is 0 Å². The molecule has 1 aromatic carbocycles. The van der Waals surface area contributed by atoms with E-state index in [1.807, 2.05) is 0 Å². The molecule has 0 amide bonds. The zero-order valence-corrected chi connectivity index (χ0v) is 16.3. The summed E-state index contributed by atoms with van der Waals surface area (Å²) in [6.07, 6.45) is -4.87. The van der Waals surface area contributed by atoms with Crippen LogP contribution >= 0.6 is 0 Å². The van der Waals surface area contributed by atoms with Gasteiger partial charge >= 0.3 is 5.97 Å². The number of hydrogen-bond acceptors (Lipinski definition) is 11. The molecule has 2 aliphatic rings. The van der Waals surface area contributed by atoms with E-state index in [2.05, 4.69) is 0 Å². The van der Waals surface area contributed by atoms with Crippen molar-refractivity contribution in [3.05, 3.63) is 35.9 Å². The minimum atomic E-state index is -2.40. The van der Waals surface area contributed by atoms with Crippen LogP contribution in [0.5, 0.6) is 11.5 Å². The average Bonchev–Trinajstić information content (AvgIpc) is 2.76. The van der Waals surface area contributed by atoms with Gasteiger partial charge in [-0.3, -0.25) is 4.79 Å². The molecule has 11 nitrogen and oxygen atoms in total. The average molecular weight is 440 g/mol. The number of carbonyl (C=O) groups is 2. The van der Waals surface area contributed by atoms with Crippen LogP contribution in [0, 0.1) is 0 Å². The Bertz CT molecular complexity index is 852. The van der Waals surface area contributed by atoms with Crippen molar-refractivity contribution in [3.63, 3.8) is 0 Å². The molecule has 1 fully saturated rings. The predicted molar refractivity (Wildman–Crippen MR) is 101 cm³/mol. The monoisotopic (exact) mass is 440 g/mol. The van der Waals surface area contributed by atoms with Gasteiger partial charge in [0.1, 0.15) is 31.0 Å². The van der Waals surface area contributed by atoms with Gasteiger partial charge in [0, 0.05) is 12.0 Å². The highest BCUT2D eigenvalue weighted by Gasteiger charge is 2.46. The fraction of sp³-hybridized carbons (Fsp3) is 0.500. The molecule has 1 aliphatic carbocycles. The lowest BCUT2D eigenvalue weighted by Gasteiger charge is -2.39. The lowest BCUT2D eigenvalue weighted by atomic mass is 9.90. The SMILES string of the molecule is O=C1CCC=C[C@]1(O)C(=O)OCc1cccc(O)c1O[C@@H]1O[C@H](CO)[C@@H](O)[C@H](O)[C@H]1O. The smallest absolute Gasteiger partial charge is 0.350 e. The molecule has 31 heavy (non-hydrogen) atoms. The Morgan fingerprint density at radius 1 is 1.19 bits per heavy atom. The summed E-state index contributed by atoms with van der Waals surface area (Å²) in [6.45, 7) is -1.18. The Labute approximate surface area is 176 Å². The van der Waals surface area contributed by atoms with E-state index >= 15 is 0 Å². The normalized spacial score (nSPS) is 33.2. The van der Waals surface area contributed by atoms with Crippen molar-refractivity contribution in [3.8, 4) is 11.5 Å². The molecule has 6 N–H and O–H groups in total. The van der Waals surface area contributed by atoms with Crippen LogP contribution in [0.1, 0.15) is 18.4 Å². The molecular weight excluding hydrogens is 416 g/mol. The Kier molecular flexibility index (Phi) is 6.94. The quantitative estimate of drug-likeness (QED) is 0.168. The maximum Gasteiger partial charge on any atom is 0.350 e. The van der Waals surface area contributed by atoms with Crippen LogP contribution in [-0.4, -0.2) is 85.3 Å². The van der Waals surface area contributed by atoms with Gasteiger partial charge in [-0.05, 0) is 18.6 Å². The number of hydrogen-bond donors (Lipinski definition) is 6. The van der Waals surface area contributed by atoms with Gasteiger partial charge in [0.2, 0.25) is 11.9 Å². The lowest BCUT2D eigenvalue weighted by molar-refractivity contribution is -0.277. The number of ketones is 1. The van der Waals surface area contributed by atoms with E-state index in [9.17, 15) is 40.2 Å². The van der Waals surface area contributed by atoms with E-state index in [0.717, 1.165) is 6.08 Å². The second kappa shape index (κ2) is 9.30. The molecule has 3 rings (SSSR count).